The van der Waals surface area contributed by atoms with Crippen molar-refractivity contribution >= 4 is 44.8 Å². The maximum absolute atomic E-state index is 11.9. The first-order valence-electron chi connectivity index (χ1n) is 4.49. The smallest absolute Gasteiger partial charge is 0.287 e. The molecule has 1 aromatic heterocycles. The summed E-state index contributed by atoms with van der Waals surface area (Å²) in [4.78, 5) is 11.9. The standard InChI is InChI=1S/C10H6BrCl2N3O/c11-9-8(14)4-15-16(10(9)17)5-1-2-6(12)7(13)3-5/h1-4H,14H2. The summed E-state index contributed by atoms with van der Waals surface area (Å²) in [5.41, 5.74) is 6.00. The van der Waals surface area contributed by atoms with E-state index in [1.807, 2.05) is 0 Å². The summed E-state index contributed by atoms with van der Waals surface area (Å²) < 4.78 is 1.45. The Kier molecular flexibility index (Phi) is 3.42. The summed E-state index contributed by atoms with van der Waals surface area (Å²) in [7, 11) is 0. The molecule has 2 rings (SSSR count). The molecule has 0 fully saturated rings. The Morgan fingerprint density at radius 2 is 2.00 bits per heavy atom. The minimum Gasteiger partial charge on any atom is -0.396 e. The minimum atomic E-state index is -0.358. The summed E-state index contributed by atoms with van der Waals surface area (Å²) in [6.07, 6.45) is 1.38. The second-order valence-corrected chi connectivity index (χ2v) is 4.84. The van der Waals surface area contributed by atoms with Gasteiger partial charge in [0, 0.05) is 0 Å². The van der Waals surface area contributed by atoms with Crippen molar-refractivity contribution in [3.8, 4) is 5.69 Å². The van der Waals surface area contributed by atoms with Gasteiger partial charge in [0.25, 0.3) is 5.56 Å². The van der Waals surface area contributed by atoms with E-state index in [1.54, 1.807) is 18.2 Å². The fourth-order valence-corrected chi connectivity index (χ4v) is 1.81. The average molecular weight is 335 g/mol. The predicted octanol–water partition coefficient (Wildman–Crippen LogP) is 2.88. The lowest BCUT2D eigenvalue weighted by Crippen LogP contribution is -2.22. The van der Waals surface area contributed by atoms with Gasteiger partial charge in [-0.15, -0.1) is 0 Å². The van der Waals surface area contributed by atoms with E-state index < -0.39 is 0 Å². The van der Waals surface area contributed by atoms with Gasteiger partial charge < -0.3 is 5.73 Å². The van der Waals surface area contributed by atoms with Crippen LogP contribution >= 0.6 is 39.1 Å². The van der Waals surface area contributed by atoms with E-state index in [1.165, 1.54) is 10.9 Å². The molecule has 0 amide bonds. The van der Waals surface area contributed by atoms with E-state index in [0.717, 1.165) is 0 Å². The first-order chi connectivity index (χ1) is 8.00. The predicted molar refractivity (Wildman–Crippen MR) is 72.0 cm³/mol. The molecule has 0 saturated heterocycles. The number of aromatic nitrogens is 2. The largest absolute Gasteiger partial charge is 0.396 e. The van der Waals surface area contributed by atoms with E-state index in [0.29, 0.717) is 15.7 Å². The monoisotopic (exact) mass is 333 g/mol. The highest BCUT2D eigenvalue weighted by molar-refractivity contribution is 9.10. The van der Waals surface area contributed by atoms with Gasteiger partial charge in [0.2, 0.25) is 0 Å². The molecule has 88 valence electrons. The minimum absolute atomic E-state index is 0.263. The summed E-state index contributed by atoms with van der Waals surface area (Å²) in [6, 6.07) is 4.80. The van der Waals surface area contributed by atoms with Crippen molar-refractivity contribution in [2.45, 2.75) is 0 Å². The highest BCUT2D eigenvalue weighted by atomic mass is 79.9. The second kappa shape index (κ2) is 4.68. The lowest BCUT2D eigenvalue weighted by molar-refractivity contribution is 0.803. The summed E-state index contributed by atoms with van der Waals surface area (Å²) >= 11 is 14.8. The number of nitrogens with two attached hydrogens (primary N) is 1. The molecule has 0 spiro atoms. The summed E-state index contributed by atoms with van der Waals surface area (Å²) in [6.45, 7) is 0. The number of benzene rings is 1. The van der Waals surface area contributed by atoms with Gasteiger partial charge in [-0.3, -0.25) is 4.79 Å². The zero-order valence-electron chi connectivity index (χ0n) is 8.32. The van der Waals surface area contributed by atoms with Gasteiger partial charge in [-0.1, -0.05) is 23.2 Å². The normalized spacial score (nSPS) is 10.5. The van der Waals surface area contributed by atoms with Crippen LogP contribution in [-0.2, 0) is 0 Å². The highest BCUT2D eigenvalue weighted by Gasteiger charge is 2.09. The molecule has 7 heteroatoms. The molecule has 0 radical (unpaired) electrons. The fourth-order valence-electron chi connectivity index (χ4n) is 1.25. The topological polar surface area (TPSA) is 60.9 Å². The van der Waals surface area contributed by atoms with Crippen LogP contribution in [0.4, 0.5) is 5.69 Å². The van der Waals surface area contributed by atoms with E-state index in [9.17, 15) is 4.79 Å². The molecule has 2 N–H and O–H groups in total. The molecule has 2 aromatic rings. The van der Waals surface area contributed by atoms with E-state index >= 15 is 0 Å². The van der Waals surface area contributed by atoms with Gasteiger partial charge in [0.15, 0.2) is 0 Å². The fraction of sp³-hybridized carbons (Fsp3) is 0. The molecule has 1 aromatic carbocycles. The molecule has 0 bridgehead atoms. The summed E-state index contributed by atoms with van der Waals surface area (Å²) in [5, 5.41) is 4.69. The van der Waals surface area contributed by atoms with Crippen LogP contribution in [0.25, 0.3) is 5.69 Å². The number of nitrogens with zero attached hydrogens (tertiary/aromatic N) is 2. The molecule has 0 unspecified atom stereocenters. The Morgan fingerprint density at radius 3 is 2.65 bits per heavy atom. The second-order valence-electron chi connectivity index (χ2n) is 3.23. The molecule has 0 saturated carbocycles. The van der Waals surface area contributed by atoms with Crippen LogP contribution < -0.4 is 11.3 Å². The molecule has 1 heterocycles. The first kappa shape index (κ1) is 12.4. The Labute approximate surface area is 115 Å². The van der Waals surface area contributed by atoms with Crippen LogP contribution in [-0.4, -0.2) is 9.78 Å². The number of hydrogen-bond acceptors (Lipinski definition) is 3. The lowest BCUT2D eigenvalue weighted by atomic mass is 10.3. The van der Waals surface area contributed by atoms with E-state index in [2.05, 4.69) is 21.0 Å². The van der Waals surface area contributed by atoms with E-state index in [4.69, 9.17) is 28.9 Å². The van der Waals surface area contributed by atoms with Crippen LogP contribution in [0, 0.1) is 0 Å². The van der Waals surface area contributed by atoms with E-state index in [-0.39, 0.29) is 15.7 Å². The number of anilines is 1. The Hall–Kier alpha value is -1.04. The molecular weight excluding hydrogens is 329 g/mol. The van der Waals surface area contributed by atoms with Crippen molar-refractivity contribution in [1.82, 2.24) is 9.78 Å². The van der Waals surface area contributed by atoms with Crippen molar-refractivity contribution in [1.29, 1.82) is 0 Å². The Morgan fingerprint density at radius 1 is 1.29 bits per heavy atom. The molecule has 17 heavy (non-hydrogen) atoms. The maximum Gasteiger partial charge on any atom is 0.287 e. The Bertz CT molecular complexity index is 642. The van der Waals surface area contributed by atoms with Gasteiger partial charge in [0.1, 0.15) is 4.47 Å². The molecule has 0 aliphatic rings. The number of hydrogen-bond donors (Lipinski definition) is 1. The molecule has 0 atom stereocenters. The third kappa shape index (κ3) is 2.31. The van der Waals surface area contributed by atoms with Crippen molar-refractivity contribution in [3.63, 3.8) is 0 Å². The van der Waals surface area contributed by atoms with Crippen molar-refractivity contribution in [2.75, 3.05) is 5.73 Å². The first-order valence-corrected chi connectivity index (χ1v) is 6.04. The summed E-state index contributed by atoms with van der Waals surface area (Å²) in [5.74, 6) is 0. The van der Waals surface area contributed by atoms with Crippen molar-refractivity contribution in [3.05, 3.63) is 49.3 Å². The molecular formula is C10H6BrCl2N3O. The number of rotatable bonds is 1. The quantitative estimate of drug-likeness (QED) is 0.872. The van der Waals surface area contributed by atoms with Crippen LogP contribution in [0.5, 0.6) is 0 Å². The van der Waals surface area contributed by atoms with Gasteiger partial charge in [0.05, 0.1) is 27.6 Å². The van der Waals surface area contributed by atoms with Crippen molar-refractivity contribution < 1.29 is 0 Å². The van der Waals surface area contributed by atoms with Gasteiger partial charge >= 0.3 is 0 Å². The van der Waals surface area contributed by atoms with Crippen molar-refractivity contribution in [2.24, 2.45) is 0 Å². The zero-order valence-corrected chi connectivity index (χ0v) is 11.4. The third-order valence-corrected chi connectivity index (χ3v) is 3.63. The van der Waals surface area contributed by atoms with Gasteiger partial charge in [-0.05, 0) is 34.1 Å². The number of nitrogen functional groups attached to an aromatic ring is 1. The zero-order chi connectivity index (χ0) is 12.6. The molecule has 4 nitrogen and oxygen atoms in total. The molecule has 0 aliphatic heterocycles. The lowest BCUT2D eigenvalue weighted by Gasteiger charge is -2.06. The van der Waals surface area contributed by atoms with Crippen LogP contribution in [0.15, 0.2) is 33.7 Å². The van der Waals surface area contributed by atoms with Crippen LogP contribution in [0.3, 0.4) is 0 Å². The third-order valence-electron chi connectivity index (χ3n) is 2.09. The van der Waals surface area contributed by atoms with Gasteiger partial charge in [-0.25, -0.2) is 0 Å². The van der Waals surface area contributed by atoms with Crippen LogP contribution in [0.2, 0.25) is 10.0 Å². The SMILES string of the molecule is Nc1cnn(-c2ccc(Cl)c(Cl)c2)c(=O)c1Br. The van der Waals surface area contributed by atoms with Crippen LogP contribution in [0.1, 0.15) is 0 Å². The van der Waals surface area contributed by atoms with Gasteiger partial charge in [-0.2, -0.15) is 9.78 Å². The maximum atomic E-state index is 11.9. The highest BCUT2D eigenvalue weighted by Crippen LogP contribution is 2.24. The number of halogens is 3. The molecule has 0 aliphatic carbocycles. The average Bonchev–Trinajstić information content (AvgIpc) is 2.30. The Balaban J connectivity index is 2.65.